The van der Waals surface area contributed by atoms with Gasteiger partial charge in [-0.1, -0.05) is 40.3 Å². The summed E-state index contributed by atoms with van der Waals surface area (Å²) in [6.07, 6.45) is 1.31. The van der Waals surface area contributed by atoms with Crippen LogP contribution in [0, 0.1) is 5.92 Å². The third-order valence-corrected chi connectivity index (χ3v) is 1.55. The molecule has 4 heteroatoms. The fourth-order valence-corrected chi connectivity index (χ4v) is 0. The van der Waals surface area contributed by atoms with E-state index < -0.39 is 11.9 Å². The van der Waals surface area contributed by atoms with Crippen LogP contribution in [0.4, 0.5) is 0 Å². The Balaban J connectivity index is -0.000000174. The molecule has 0 amide bonds. The summed E-state index contributed by atoms with van der Waals surface area (Å²) in [6.45, 7) is 15.8. The zero-order valence-corrected chi connectivity index (χ0v) is 11.4. The standard InChI is InChI=1S/C5H12.2C4H6O2/c1-4-5(2)3;2*1-3(2)4(5)6/h5H,4H2,1-3H3;2*1H2,2H3,(H,5,6). The number of hydrogen-bond acceptors (Lipinski definition) is 2. The minimum atomic E-state index is -0.935. The van der Waals surface area contributed by atoms with Gasteiger partial charge < -0.3 is 10.2 Å². The summed E-state index contributed by atoms with van der Waals surface area (Å²) in [7, 11) is 0. The highest BCUT2D eigenvalue weighted by Gasteiger charge is 1.90. The van der Waals surface area contributed by atoms with Gasteiger partial charge in [-0.25, -0.2) is 9.59 Å². The zero-order valence-electron chi connectivity index (χ0n) is 11.4. The Kier molecular flexibility index (Phi) is 15.3. The predicted molar refractivity (Wildman–Crippen MR) is 70.0 cm³/mol. The van der Waals surface area contributed by atoms with Crippen molar-refractivity contribution in [3.63, 3.8) is 0 Å². The Bertz CT molecular complexity index is 217. The fourth-order valence-electron chi connectivity index (χ4n) is 0. The first-order chi connectivity index (χ1) is 7.56. The molecule has 100 valence electrons. The molecule has 17 heavy (non-hydrogen) atoms. The number of rotatable bonds is 3. The van der Waals surface area contributed by atoms with Gasteiger partial charge in [-0.2, -0.15) is 0 Å². The maximum atomic E-state index is 9.60. The molecule has 0 fully saturated rings. The first kappa shape index (κ1) is 20.8. The summed E-state index contributed by atoms with van der Waals surface area (Å²) in [5, 5.41) is 15.8. The van der Waals surface area contributed by atoms with Crippen molar-refractivity contribution in [2.75, 3.05) is 0 Å². The molecule has 0 spiro atoms. The summed E-state index contributed by atoms with van der Waals surface area (Å²) in [5.74, 6) is -0.986. The highest BCUT2D eigenvalue weighted by molar-refractivity contribution is 5.85. The zero-order chi connectivity index (χ0) is 14.6. The van der Waals surface area contributed by atoms with Crippen molar-refractivity contribution in [1.82, 2.24) is 0 Å². The molecule has 2 N–H and O–H groups in total. The lowest BCUT2D eigenvalue weighted by atomic mass is 10.2. The molecule has 0 heterocycles. The van der Waals surface area contributed by atoms with Gasteiger partial charge in [0.25, 0.3) is 0 Å². The number of hydrogen-bond donors (Lipinski definition) is 2. The van der Waals surface area contributed by atoms with Crippen molar-refractivity contribution in [2.45, 2.75) is 41.0 Å². The molecule has 0 aromatic carbocycles. The van der Waals surface area contributed by atoms with Crippen molar-refractivity contribution >= 4 is 11.9 Å². The Labute approximate surface area is 104 Å². The molecular formula is C13H24O4. The molecule has 0 aliphatic heterocycles. The molecule has 0 aromatic rings. The lowest BCUT2D eigenvalue weighted by Crippen LogP contribution is -1.92. The number of carboxylic acids is 2. The van der Waals surface area contributed by atoms with Crippen molar-refractivity contribution in [3.05, 3.63) is 24.3 Å². The Morgan fingerprint density at radius 3 is 1.12 bits per heavy atom. The Morgan fingerprint density at radius 1 is 1.00 bits per heavy atom. The SMILES string of the molecule is C=C(C)C(=O)O.C=C(C)C(=O)O.CCC(C)C. The number of carbonyl (C=O) groups is 2. The third-order valence-electron chi connectivity index (χ3n) is 1.55. The maximum Gasteiger partial charge on any atom is 0.330 e. The first-order valence-corrected chi connectivity index (χ1v) is 5.33. The predicted octanol–water partition coefficient (Wildman–Crippen LogP) is 3.35. The monoisotopic (exact) mass is 244 g/mol. The third kappa shape index (κ3) is 31.4. The van der Waals surface area contributed by atoms with E-state index >= 15 is 0 Å². The average molecular weight is 244 g/mol. The Morgan fingerprint density at radius 2 is 1.12 bits per heavy atom. The second kappa shape index (κ2) is 12.5. The Hall–Kier alpha value is -1.58. The van der Waals surface area contributed by atoms with Crippen molar-refractivity contribution in [2.24, 2.45) is 5.92 Å². The minimum absolute atomic E-state index is 0.176. The van der Waals surface area contributed by atoms with E-state index in [9.17, 15) is 9.59 Å². The van der Waals surface area contributed by atoms with E-state index in [1.165, 1.54) is 20.3 Å². The van der Waals surface area contributed by atoms with Gasteiger partial charge in [0.2, 0.25) is 0 Å². The van der Waals surface area contributed by atoms with Gasteiger partial charge in [-0.05, 0) is 19.8 Å². The van der Waals surface area contributed by atoms with E-state index in [1.54, 1.807) is 0 Å². The van der Waals surface area contributed by atoms with Crippen LogP contribution in [0.5, 0.6) is 0 Å². The van der Waals surface area contributed by atoms with Crippen molar-refractivity contribution in [1.29, 1.82) is 0 Å². The van der Waals surface area contributed by atoms with Crippen LogP contribution in [0.3, 0.4) is 0 Å². The molecule has 0 aromatic heterocycles. The van der Waals surface area contributed by atoms with Crippen LogP contribution in [0.15, 0.2) is 24.3 Å². The van der Waals surface area contributed by atoms with Crippen LogP contribution in [0.25, 0.3) is 0 Å². The van der Waals surface area contributed by atoms with Gasteiger partial charge in [0.05, 0.1) is 0 Å². The van der Waals surface area contributed by atoms with E-state index in [0.29, 0.717) is 0 Å². The lowest BCUT2D eigenvalue weighted by Gasteiger charge is -1.90. The van der Waals surface area contributed by atoms with Gasteiger partial charge in [-0.3, -0.25) is 0 Å². The topological polar surface area (TPSA) is 74.6 Å². The minimum Gasteiger partial charge on any atom is -0.478 e. The van der Waals surface area contributed by atoms with E-state index in [0.717, 1.165) is 5.92 Å². The summed E-state index contributed by atoms with van der Waals surface area (Å²) >= 11 is 0. The quantitative estimate of drug-likeness (QED) is 0.746. The van der Waals surface area contributed by atoms with E-state index in [2.05, 4.69) is 33.9 Å². The molecule has 0 rings (SSSR count). The van der Waals surface area contributed by atoms with Gasteiger partial charge in [-0.15, -0.1) is 0 Å². The van der Waals surface area contributed by atoms with Crippen LogP contribution >= 0.6 is 0 Å². The van der Waals surface area contributed by atoms with E-state index in [-0.39, 0.29) is 11.1 Å². The molecule has 0 saturated heterocycles. The normalized spacial score (nSPS) is 8.12. The van der Waals surface area contributed by atoms with Crippen LogP contribution in [0.2, 0.25) is 0 Å². The summed E-state index contributed by atoms with van der Waals surface area (Å²) in [6, 6.07) is 0. The highest BCUT2D eigenvalue weighted by Crippen LogP contribution is 1.93. The van der Waals surface area contributed by atoms with Crippen molar-refractivity contribution < 1.29 is 19.8 Å². The van der Waals surface area contributed by atoms with Gasteiger partial charge in [0, 0.05) is 11.1 Å². The molecule has 0 aliphatic carbocycles. The van der Waals surface area contributed by atoms with Crippen LogP contribution in [-0.4, -0.2) is 22.2 Å². The highest BCUT2D eigenvalue weighted by atomic mass is 16.4. The second-order valence-electron chi connectivity index (χ2n) is 3.97. The van der Waals surface area contributed by atoms with Crippen LogP contribution in [-0.2, 0) is 9.59 Å². The first-order valence-electron chi connectivity index (χ1n) is 5.33. The maximum absolute atomic E-state index is 9.60. The number of aliphatic carboxylic acids is 2. The summed E-state index contributed by atoms with van der Waals surface area (Å²) in [5.41, 5.74) is 0.352. The lowest BCUT2D eigenvalue weighted by molar-refractivity contribution is -0.133. The smallest absolute Gasteiger partial charge is 0.330 e. The summed E-state index contributed by atoms with van der Waals surface area (Å²) < 4.78 is 0. The van der Waals surface area contributed by atoms with Crippen LogP contribution in [0.1, 0.15) is 41.0 Å². The molecule has 0 saturated carbocycles. The molecule has 0 radical (unpaired) electrons. The van der Waals surface area contributed by atoms with Gasteiger partial charge >= 0.3 is 11.9 Å². The molecule has 0 bridgehead atoms. The molecule has 0 atom stereocenters. The van der Waals surface area contributed by atoms with Crippen molar-refractivity contribution in [3.8, 4) is 0 Å². The summed E-state index contributed by atoms with van der Waals surface area (Å²) in [4.78, 5) is 19.2. The molecule has 4 nitrogen and oxygen atoms in total. The van der Waals surface area contributed by atoms with E-state index in [4.69, 9.17) is 10.2 Å². The number of carboxylic acid groups (broad SMARTS) is 2. The van der Waals surface area contributed by atoms with E-state index in [1.807, 2.05) is 0 Å². The fraction of sp³-hybridized carbons (Fsp3) is 0.538. The molecule has 0 aliphatic rings. The largest absolute Gasteiger partial charge is 0.478 e. The van der Waals surface area contributed by atoms with Crippen LogP contribution < -0.4 is 0 Å². The van der Waals surface area contributed by atoms with Gasteiger partial charge in [0.15, 0.2) is 0 Å². The van der Waals surface area contributed by atoms with Gasteiger partial charge in [0.1, 0.15) is 0 Å². The average Bonchev–Trinajstić information content (AvgIpc) is 2.19. The molecule has 0 unspecified atom stereocenters. The molecular weight excluding hydrogens is 220 g/mol. The second-order valence-corrected chi connectivity index (χ2v) is 3.97.